The lowest BCUT2D eigenvalue weighted by Gasteiger charge is -2.35. The number of hydrogen-bond donors (Lipinski definition) is 3. The monoisotopic (exact) mass is 624 g/mol. The largest absolute Gasteiger partial charge is 0.469 e. The Bertz CT molecular complexity index is 743. The van der Waals surface area contributed by atoms with Gasteiger partial charge in [0.05, 0.1) is 21.1 Å². The Morgan fingerprint density at radius 3 is 1.64 bits per heavy atom. The predicted molar refractivity (Wildman–Crippen MR) is 167 cm³/mol. The molecule has 2 atom stereocenters. The van der Waals surface area contributed by atoms with Crippen molar-refractivity contribution >= 4 is 20.0 Å². The molecule has 0 aliphatic rings. The van der Waals surface area contributed by atoms with Gasteiger partial charge in [-0.25, -0.2) is 14.2 Å². The molecule has 0 aromatic carbocycles. The first-order valence-corrected chi connectivity index (χ1v) is 17.6. The Labute approximate surface area is 255 Å². The SMILES string of the molecule is CCCCCCCCCCCCCCCCCCNC(=O)OCC(CC(COP(=O)(O)O)[N+](C)(C)C)OC(=O)N(C)C. The summed E-state index contributed by atoms with van der Waals surface area (Å²) >= 11 is 0. The van der Waals surface area contributed by atoms with Gasteiger partial charge in [0.2, 0.25) is 0 Å². The van der Waals surface area contributed by atoms with Crippen LogP contribution in [-0.4, -0.2) is 98.5 Å². The Morgan fingerprint density at radius 2 is 1.24 bits per heavy atom. The van der Waals surface area contributed by atoms with Crippen LogP contribution < -0.4 is 5.32 Å². The summed E-state index contributed by atoms with van der Waals surface area (Å²) in [6, 6.07) is -0.436. The molecule has 0 bridgehead atoms. The van der Waals surface area contributed by atoms with Crippen LogP contribution in [0.3, 0.4) is 0 Å². The maximum Gasteiger partial charge on any atom is 0.469 e. The predicted octanol–water partition coefficient (Wildman–Crippen LogP) is 6.62. The maximum absolute atomic E-state index is 12.3. The number of alkyl carbamates (subject to hydrolysis) is 1. The second-order valence-electron chi connectivity index (χ2n) is 12.5. The van der Waals surface area contributed by atoms with E-state index in [9.17, 15) is 14.2 Å². The molecule has 0 spiro atoms. The summed E-state index contributed by atoms with van der Waals surface area (Å²) in [5, 5.41) is 2.75. The van der Waals surface area contributed by atoms with Crippen LogP contribution in [0.25, 0.3) is 0 Å². The average molecular weight is 625 g/mol. The normalized spacial score (nSPS) is 13.4. The highest BCUT2D eigenvalue weighted by Gasteiger charge is 2.33. The Hall–Kier alpha value is -1.39. The lowest BCUT2D eigenvalue weighted by atomic mass is 10.0. The zero-order valence-corrected chi connectivity index (χ0v) is 28.4. The van der Waals surface area contributed by atoms with Crippen molar-refractivity contribution in [3.63, 3.8) is 0 Å². The molecular formula is C30H63N3O8P+. The molecule has 0 rings (SSSR count). The molecule has 0 aliphatic carbocycles. The van der Waals surface area contributed by atoms with Gasteiger partial charge < -0.3 is 34.0 Å². The van der Waals surface area contributed by atoms with E-state index in [1.165, 1.54) is 88.4 Å². The number of amides is 2. The zero-order valence-electron chi connectivity index (χ0n) is 27.5. The van der Waals surface area contributed by atoms with Gasteiger partial charge in [-0.3, -0.25) is 4.52 Å². The fourth-order valence-electron chi connectivity index (χ4n) is 4.58. The number of unbranched alkanes of at least 4 members (excludes halogenated alkanes) is 15. The molecule has 3 N–H and O–H groups in total. The molecule has 0 saturated heterocycles. The van der Waals surface area contributed by atoms with Gasteiger partial charge in [-0.2, -0.15) is 0 Å². The van der Waals surface area contributed by atoms with E-state index in [0.29, 0.717) is 11.0 Å². The minimum Gasteiger partial charge on any atom is -0.446 e. The Balaban J connectivity index is 4.16. The number of nitrogens with zero attached hydrogens (tertiary/aromatic N) is 2. The van der Waals surface area contributed by atoms with Gasteiger partial charge in [0.1, 0.15) is 25.4 Å². The maximum atomic E-state index is 12.3. The van der Waals surface area contributed by atoms with Crippen molar-refractivity contribution in [2.75, 3.05) is 55.0 Å². The van der Waals surface area contributed by atoms with Gasteiger partial charge in [-0.15, -0.1) is 0 Å². The second kappa shape index (κ2) is 24.0. The van der Waals surface area contributed by atoms with E-state index in [4.69, 9.17) is 23.8 Å². The number of rotatable bonds is 26. The summed E-state index contributed by atoms with van der Waals surface area (Å²) in [5.74, 6) is 0. The molecule has 0 aromatic rings. The van der Waals surface area contributed by atoms with Crippen molar-refractivity contribution in [1.29, 1.82) is 0 Å². The van der Waals surface area contributed by atoms with E-state index in [-0.39, 0.29) is 19.6 Å². The van der Waals surface area contributed by atoms with E-state index in [1.54, 1.807) is 14.1 Å². The smallest absolute Gasteiger partial charge is 0.446 e. The summed E-state index contributed by atoms with van der Waals surface area (Å²) in [7, 11) is 3.93. The number of ether oxygens (including phenoxy) is 2. The fourth-order valence-corrected chi connectivity index (χ4v) is 4.94. The minimum atomic E-state index is -4.67. The highest BCUT2D eigenvalue weighted by atomic mass is 31.2. The molecule has 11 nitrogen and oxygen atoms in total. The summed E-state index contributed by atoms with van der Waals surface area (Å²) in [5.41, 5.74) is 0. The highest BCUT2D eigenvalue weighted by Crippen LogP contribution is 2.36. The highest BCUT2D eigenvalue weighted by molar-refractivity contribution is 7.46. The third kappa shape index (κ3) is 25.1. The van der Waals surface area contributed by atoms with Gasteiger partial charge in [-0.05, 0) is 6.42 Å². The zero-order chi connectivity index (χ0) is 31.9. The van der Waals surface area contributed by atoms with Crippen LogP contribution in [0.5, 0.6) is 0 Å². The Kier molecular flexibility index (Phi) is 23.2. The van der Waals surface area contributed by atoms with Crippen LogP contribution in [0.4, 0.5) is 9.59 Å². The van der Waals surface area contributed by atoms with Crippen molar-refractivity contribution in [2.24, 2.45) is 0 Å². The van der Waals surface area contributed by atoms with Gasteiger partial charge in [0, 0.05) is 27.1 Å². The molecule has 2 amide bonds. The molecule has 0 saturated carbocycles. The number of hydrogen-bond acceptors (Lipinski definition) is 6. The van der Waals surface area contributed by atoms with Crippen molar-refractivity contribution in [3.8, 4) is 0 Å². The number of quaternary nitrogens is 1. The number of carbonyl (C=O) groups is 2. The van der Waals surface area contributed by atoms with E-state index in [0.717, 1.165) is 19.3 Å². The van der Waals surface area contributed by atoms with Crippen LogP contribution in [0, 0.1) is 0 Å². The number of likely N-dealkylation sites (N-methyl/N-ethyl adjacent to an activating group) is 1. The van der Waals surface area contributed by atoms with Crippen LogP contribution in [0.1, 0.15) is 116 Å². The van der Waals surface area contributed by atoms with Crippen molar-refractivity contribution in [2.45, 2.75) is 128 Å². The number of nitrogens with one attached hydrogen (secondary N) is 1. The van der Waals surface area contributed by atoms with Crippen LogP contribution in [-0.2, 0) is 18.6 Å². The van der Waals surface area contributed by atoms with Crippen molar-refractivity contribution in [1.82, 2.24) is 10.2 Å². The molecule has 0 aliphatic heterocycles. The van der Waals surface area contributed by atoms with Crippen LogP contribution in [0.2, 0.25) is 0 Å². The Morgan fingerprint density at radius 1 is 0.786 bits per heavy atom. The second-order valence-corrected chi connectivity index (χ2v) is 13.8. The molecule has 42 heavy (non-hydrogen) atoms. The van der Waals surface area contributed by atoms with Crippen molar-refractivity contribution in [3.05, 3.63) is 0 Å². The van der Waals surface area contributed by atoms with Crippen LogP contribution in [0.15, 0.2) is 0 Å². The lowest BCUT2D eigenvalue weighted by Crippen LogP contribution is -2.50. The standard InChI is InChI=1S/C30H62N3O8P/c1-7-8-9-10-11-12-13-14-15-16-17-18-19-20-21-22-23-31-29(34)39-26-28(41-30(35)32(2)3)24-27(33(4,5)6)25-40-42(36,37)38/h27-28H,7-26H2,1-6H3,(H2-,31,34,36,37,38)/p+1. The summed E-state index contributed by atoms with van der Waals surface area (Å²) in [6.07, 6.45) is 18.8. The third-order valence-electron chi connectivity index (χ3n) is 7.40. The molecule has 0 heterocycles. The topological polar surface area (TPSA) is 135 Å². The van der Waals surface area contributed by atoms with Gasteiger partial charge in [-0.1, -0.05) is 103 Å². The first-order chi connectivity index (χ1) is 19.8. The number of phosphoric acid groups is 1. The summed E-state index contributed by atoms with van der Waals surface area (Å²) < 4.78 is 27.0. The third-order valence-corrected chi connectivity index (χ3v) is 7.88. The molecule has 12 heteroatoms. The van der Waals surface area contributed by atoms with E-state index in [1.807, 2.05) is 21.1 Å². The molecule has 0 aromatic heterocycles. The van der Waals surface area contributed by atoms with Crippen LogP contribution >= 0.6 is 7.82 Å². The van der Waals surface area contributed by atoms with Gasteiger partial charge in [0.15, 0.2) is 0 Å². The quantitative estimate of drug-likeness (QED) is 0.0556. The summed E-state index contributed by atoms with van der Waals surface area (Å²) in [4.78, 5) is 43.9. The molecule has 0 fully saturated rings. The molecule has 0 radical (unpaired) electrons. The first kappa shape index (κ1) is 40.6. The van der Waals surface area contributed by atoms with Crippen molar-refractivity contribution < 1.29 is 42.4 Å². The fraction of sp³-hybridized carbons (Fsp3) is 0.933. The van der Waals surface area contributed by atoms with Gasteiger partial charge >= 0.3 is 20.0 Å². The van der Waals surface area contributed by atoms with E-state index < -0.39 is 32.2 Å². The lowest BCUT2D eigenvalue weighted by molar-refractivity contribution is -0.897. The average Bonchev–Trinajstić information content (AvgIpc) is 2.89. The first-order valence-electron chi connectivity index (χ1n) is 16.1. The molecule has 250 valence electrons. The van der Waals surface area contributed by atoms with E-state index >= 15 is 0 Å². The van der Waals surface area contributed by atoms with E-state index in [2.05, 4.69) is 12.2 Å². The number of phosphoric ester groups is 1. The molecule has 2 unspecified atom stereocenters. The summed E-state index contributed by atoms with van der Waals surface area (Å²) in [6.45, 7) is 2.33. The number of carbonyl (C=O) groups excluding carboxylic acids is 2. The molecular weight excluding hydrogens is 561 g/mol. The van der Waals surface area contributed by atoms with Gasteiger partial charge in [0.25, 0.3) is 0 Å². The minimum absolute atomic E-state index is 0.176.